The van der Waals surface area contributed by atoms with E-state index in [-0.39, 0.29) is 5.91 Å². The number of carbonyl (C=O) groups excluding carboxylic acids is 1. The van der Waals surface area contributed by atoms with Gasteiger partial charge < -0.3 is 10.2 Å². The van der Waals surface area contributed by atoms with E-state index in [1.54, 1.807) is 0 Å². The number of rotatable bonds is 5. The molecule has 1 aromatic rings. The molecule has 21 heavy (non-hydrogen) atoms. The normalized spacial score (nSPS) is 21.9. The largest absolute Gasteiger partial charge is 0.385 e. The predicted octanol–water partition coefficient (Wildman–Crippen LogP) is 4.16. The number of hydrogen-bond acceptors (Lipinski definition) is 2. The van der Waals surface area contributed by atoms with Gasteiger partial charge in [-0.2, -0.15) is 0 Å². The maximum atomic E-state index is 12.6. The van der Waals surface area contributed by atoms with Gasteiger partial charge in [-0.15, -0.1) is 0 Å². The van der Waals surface area contributed by atoms with E-state index in [0.29, 0.717) is 12.0 Å². The zero-order valence-corrected chi connectivity index (χ0v) is 13.6. The third-order valence-corrected chi connectivity index (χ3v) is 4.59. The van der Waals surface area contributed by atoms with Crippen molar-refractivity contribution < 1.29 is 4.79 Å². The van der Waals surface area contributed by atoms with E-state index in [1.807, 2.05) is 36.2 Å². The smallest absolute Gasteiger partial charge is 0.253 e. The molecule has 2 rings (SSSR count). The van der Waals surface area contributed by atoms with Gasteiger partial charge in [-0.25, -0.2) is 0 Å². The Morgan fingerprint density at radius 1 is 1.24 bits per heavy atom. The molecular weight excluding hydrogens is 260 g/mol. The zero-order chi connectivity index (χ0) is 15.2. The van der Waals surface area contributed by atoms with E-state index < -0.39 is 0 Å². The van der Waals surface area contributed by atoms with E-state index in [9.17, 15) is 4.79 Å². The van der Waals surface area contributed by atoms with Crippen LogP contribution in [0.3, 0.4) is 0 Å². The molecule has 0 saturated heterocycles. The SMILES string of the molecule is CCCNc1ccc(C(=O)N(C)C2CCCCC2C)cc1. The number of benzene rings is 1. The fourth-order valence-corrected chi connectivity index (χ4v) is 3.23. The van der Waals surface area contributed by atoms with Gasteiger partial charge in [0.15, 0.2) is 0 Å². The van der Waals surface area contributed by atoms with Crippen LogP contribution >= 0.6 is 0 Å². The fourth-order valence-electron chi connectivity index (χ4n) is 3.23. The molecule has 0 radical (unpaired) electrons. The van der Waals surface area contributed by atoms with Crippen LogP contribution in [0.25, 0.3) is 0 Å². The van der Waals surface area contributed by atoms with Gasteiger partial charge in [0.05, 0.1) is 0 Å². The zero-order valence-electron chi connectivity index (χ0n) is 13.6. The van der Waals surface area contributed by atoms with Crippen molar-refractivity contribution in [3.05, 3.63) is 29.8 Å². The summed E-state index contributed by atoms with van der Waals surface area (Å²) in [6.07, 6.45) is 6.02. The lowest BCUT2D eigenvalue weighted by atomic mass is 9.85. The highest BCUT2D eigenvalue weighted by molar-refractivity contribution is 5.94. The van der Waals surface area contributed by atoms with Crippen molar-refractivity contribution in [2.75, 3.05) is 18.9 Å². The van der Waals surface area contributed by atoms with Gasteiger partial charge >= 0.3 is 0 Å². The summed E-state index contributed by atoms with van der Waals surface area (Å²) >= 11 is 0. The molecule has 1 amide bonds. The number of carbonyl (C=O) groups is 1. The van der Waals surface area contributed by atoms with E-state index in [2.05, 4.69) is 19.2 Å². The van der Waals surface area contributed by atoms with Gasteiger partial charge in [-0.05, 0) is 49.4 Å². The molecule has 1 saturated carbocycles. The topological polar surface area (TPSA) is 32.3 Å². The number of nitrogens with one attached hydrogen (secondary N) is 1. The Labute approximate surface area is 128 Å². The van der Waals surface area contributed by atoms with Crippen LogP contribution in [0.15, 0.2) is 24.3 Å². The maximum absolute atomic E-state index is 12.6. The highest BCUT2D eigenvalue weighted by Gasteiger charge is 2.28. The predicted molar refractivity (Wildman–Crippen MR) is 88.7 cm³/mol. The number of amides is 1. The second-order valence-electron chi connectivity index (χ2n) is 6.25. The summed E-state index contributed by atoms with van der Waals surface area (Å²) in [6.45, 7) is 5.38. The molecule has 3 nitrogen and oxygen atoms in total. The molecule has 0 heterocycles. The highest BCUT2D eigenvalue weighted by Crippen LogP contribution is 2.28. The van der Waals surface area contributed by atoms with Crippen molar-refractivity contribution in [1.82, 2.24) is 4.90 Å². The molecule has 0 aliphatic heterocycles. The summed E-state index contributed by atoms with van der Waals surface area (Å²) in [5, 5.41) is 3.34. The quantitative estimate of drug-likeness (QED) is 0.882. The molecule has 1 fully saturated rings. The molecular formula is C18H28N2O. The van der Waals surface area contributed by atoms with Crippen molar-refractivity contribution in [1.29, 1.82) is 0 Å². The molecule has 1 N–H and O–H groups in total. The fraction of sp³-hybridized carbons (Fsp3) is 0.611. The lowest BCUT2D eigenvalue weighted by molar-refractivity contribution is 0.0629. The van der Waals surface area contributed by atoms with Crippen LogP contribution in [-0.4, -0.2) is 30.4 Å². The monoisotopic (exact) mass is 288 g/mol. The Balaban J connectivity index is 2.01. The molecule has 1 aromatic carbocycles. The summed E-state index contributed by atoms with van der Waals surface area (Å²) in [5.74, 6) is 0.758. The molecule has 0 aromatic heterocycles. The van der Waals surface area contributed by atoms with Gasteiger partial charge in [0, 0.05) is 30.9 Å². The Morgan fingerprint density at radius 2 is 1.90 bits per heavy atom. The Bertz CT molecular complexity index is 455. The van der Waals surface area contributed by atoms with E-state index in [1.165, 1.54) is 19.3 Å². The van der Waals surface area contributed by atoms with E-state index in [0.717, 1.165) is 30.6 Å². The number of anilines is 1. The van der Waals surface area contributed by atoms with Crippen molar-refractivity contribution in [2.45, 2.75) is 52.0 Å². The lowest BCUT2D eigenvalue weighted by Gasteiger charge is -2.36. The summed E-state index contributed by atoms with van der Waals surface area (Å²) in [6, 6.07) is 8.26. The van der Waals surface area contributed by atoms with Crippen LogP contribution in [0.2, 0.25) is 0 Å². The standard InChI is InChI=1S/C18H28N2O/c1-4-13-19-16-11-9-15(10-12-16)18(21)20(3)17-8-6-5-7-14(17)2/h9-12,14,17,19H,4-8,13H2,1-3H3. The first-order chi connectivity index (χ1) is 10.1. The molecule has 3 heteroatoms. The molecule has 0 bridgehead atoms. The van der Waals surface area contributed by atoms with Gasteiger partial charge in [-0.1, -0.05) is 26.7 Å². The summed E-state index contributed by atoms with van der Waals surface area (Å²) in [4.78, 5) is 14.6. The van der Waals surface area contributed by atoms with Crippen LogP contribution in [0, 0.1) is 5.92 Å². The van der Waals surface area contributed by atoms with Crippen LogP contribution < -0.4 is 5.32 Å². The molecule has 2 atom stereocenters. The first kappa shape index (κ1) is 15.9. The van der Waals surface area contributed by atoms with Crippen LogP contribution in [0.1, 0.15) is 56.3 Å². The minimum atomic E-state index is 0.149. The third-order valence-electron chi connectivity index (χ3n) is 4.59. The van der Waals surface area contributed by atoms with Crippen molar-refractivity contribution >= 4 is 11.6 Å². The van der Waals surface area contributed by atoms with E-state index >= 15 is 0 Å². The van der Waals surface area contributed by atoms with E-state index in [4.69, 9.17) is 0 Å². The Hall–Kier alpha value is -1.51. The van der Waals surface area contributed by atoms with Crippen LogP contribution in [0.5, 0.6) is 0 Å². The minimum Gasteiger partial charge on any atom is -0.385 e. The van der Waals surface area contributed by atoms with Crippen molar-refractivity contribution in [2.24, 2.45) is 5.92 Å². The van der Waals surface area contributed by atoms with Crippen molar-refractivity contribution in [3.8, 4) is 0 Å². The summed E-state index contributed by atoms with van der Waals surface area (Å²) < 4.78 is 0. The number of hydrogen-bond donors (Lipinski definition) is 1. The lowest BCUT2D eigenvalue weighted by Crippen LogP contribution is -2.42. The van der Waals surface area contributed by atoms with Gasteiger partial charge in [0.25, 0.3) is 5.91 Å². The van der Waals surface area contributed by atoms with Crippen molar-refractivity contribution in [3.63, 3.8) is 0 Å². The third kappa shape index (κ3) is 3.99. The molecule has 1 aliphatic carbocycles. The first-order valence-electron chi connectivity index (χ1n) is 8.24. The Morgan fingerprint density at radius 3 is 2.52 bits per heavy atom. The van der Waals surface area contributed by atoms with Gasteiger partial charge in [0.2, 0.25) is 0 Å². The summed E-state index contributed by atoms with van der Waals surface area (Å²) in [5.41, 5.74) is 1.87. The molecule has 2 unspecified atom stereocenters. The second-order valence-corrected chi connectivity index (χ2v) is 6.25. The average molecular weight is 288 g/mol. The molecule has 1 aliphatic rings. The molecule has 0 spiro atoms. The van der Waals surface area contributed by atoms with Crippen LogP contribution in [-0.2, 0) is 0 Å². The maximum Gasteiger partial charge on any atom is 0.253 e. The first-order valence-corrected chi connectivity index (χ1v) is 8.24. The van der Waals surface area contributed by atoms with Gasteiger partial charge in [-0.3, -0.25) is 4.79 Å². The highest BCUT2D eigenvalue weighted by atomic mass is 16.2. The van der Waals surface area contributed by atoms with Gasteiger partial charge in [0.1, 0.15) is 0 Å². The number of nitrogens with zero attached hydrogens (tertiary/aromatic N) is 1. The molecule has 116 valence electrons. The second kappa shape index (κ2) is 7.48. The Kier molecular flexibility index (Phi) is 5.66. The minimum absolute atomic E-state index is 0.149. The summed E-state index contributed by atoms with van der Waals surface area (Å²) in [7, 11) is 1.96. The van der Waals surface area contributed by atoms with Crippen LogP contribution in [0.4, 0.5) is 5.69 Å². The average Bonchev–Trinajstić information content (AvgIpc) is 2.52.